The molecule has 1 nitrogen and oxygen atoms in total. The number of aliphatic hydroxyl groups excluding tert-OH is 1. The highest BCUT2D eigenvalue weighted by Gasteiger charge is 2.15. The number of thioether (sulfide) groups is 1. The topological polar surface area (TPSA) is 20.2 Å². The third-order valence-corrected chi connectivity index (χ3v) is 4.52. The summed E-state index contributed by atoms with van der Waals surface area (Å²) in [6, 6.07) is 8.86. The summed E-state index contributed by atoms with van der Waals surface area (Å²) in [6.07, 6.45) is 2.64. The molecule has 88 valence electrons. The first-order chi connectivity index (χ1) is 7.81. The average molecular weight is 236 g/mol. The number of hydrogen-bond donors (Lipinski definition) is 1. The summed E-state index contributed by atoms with van der Waals surface area (Å²) in [5.41, 5.74) is 2.73. The minimum Gasteiger partial charge on any atom is -0.396 e. The van der Waals surface area contributed by atoms with Crippen LogP contribution in [0.1, 0.15) is 42.7 Å². The van der Waals surface area contributed by atoms with Crippen molar-refractivity contribution >= 4 is 11.8 Å². The molecule has 1 N–H and O–H groups in total. The molecule has 0 amide bonds. The van der Waals surface area contributed by atoms with Crippen LogP contribution in [0.5, 0.6) is 0 Å². The highest BCUT2D eigenvalue weighted by atomic mass is 32.2. The van der Waals surface area contributed by atoms with Crippen molar-refractivity contribution in [3.63, 3.8) is 0 Å². The molecule has 0 spiro atoms. The van der Waals surface area contributed by atoms with Crippen LogP contribution in [0.2, 0.25) is 0 Å². The fourth-order valence-electron chi connectivity index (χ4n) is 2.23. The van der Waals surface area contributed by atoms with Gasteiger partial charge in [-0.15, -0.1) is 0 Å². The van der Waals surface area contributed by atoms with Gasteiger partial charge in [0.1, 0.15) is 0 Å². The smallest absolute Gasteiger partial charge is 0.0497 e. The van der Waals surface area contributed by atoms with Gasteiger partial charge in [0, 0.05) is 12.5 Å². The van der Waals surface area contributed by atoms with E-state index < -0.39 is 0 Å². The van der Waals surface area contributed by atoms with Gasteiger partial charge in [-0.05, 0) is 41.4 Å². The van der Waals surface area contributed by atoms with Gasteiger partial charge >= 0.3 is 0 Å². The van der Waals surface area contributed by atoms with Gasteiger partial charge in [0.25, 0.3) is 0 Å². The van der Waals surface area contributed by atoms with Gasteiger partial charge in [0.05, 0.1) is 0 Å². The number of rotatable bonds is 3. The van der Waals surface area contributed by atoms with Gasteiger partial charge in [-0.3, -0.25) is 0 Å². The molecule has 0 saturated carbocycles. The molecule has 2 heteroatoms. The molecule has 1 atom stereocenters. The maximum Gasteiger partial charge on any atom is 0.0497 e. The van der Waals surface area contributed by atoms with Crippen molar-refractivity contribution in [2.24, 2.45) is 0 Å². The monoisotopic (exact) mass is 236 g/mol. The normalized spacial score (nSPS) is 19.6. The minimum absolute atomic E-state index is 0.236. The van der Waals surface area contributed by atoms with E-state index in [0.29, 0.717) is 0 Å². The lowest BCUT2D eigenvalue weighted by Gasteiger charge is -2.22. The Morgan fingerprint density at radius 3 is 2.44 bits per heavy atom. The van der Waals surface area contributed by atoms with Gasteiger partial charge in [-0.2, -0.15) is 11.8 Å². The molecule has 1 saturated heterocycles. The van der Waals surface area contributed by atoms with Gasteiger partial charge in [0.2, 0.25) is 0 Å². The van der Waals surface area contributed by atoms with Crippen LogP contribution in [0.3, 0.4) is 0 Å². The molecule has 1 aliphatic rings. The SMILES string of the molecule is CC(CO)c1ccc(C2CCSCC2)cc1. The summed E-state index contributed by atoms with van der Waals surface area (Å²) in [4.78, 5) is 0. The van der Waals surface area contributed by atoms with Crippen LogP contribution in [0, 0.1) is 0 Å². The van der Waals surface area contributed by atoms with E-state index in [-0.39, 0.29) is 12.5 Å². The number of benzene rings is 1. The Kier molecular flexibility index (Phi) is 4.30. The molecule has 2 rings (SSSR count). The van der Waals surface area contributed by atoms with E-state index in [1.807, 2.05) is 0 Å². The van der Waals surface area contributed by atoms with Crippen molar-refractivity contribution in [3.05, 3.63) is 35.4 Å². The maximum absolute atomic E-state index is 9.10. The Labute approximate surface area is 102 Å². The summed E-state index contributed by atoms with van der Waals surface area (Å²) < 4.78 is 0. The third kappa shape index (κ3) is 2.80. The van der Waals surface area contributed by atoms with Crippen LogP contribution in [0.25, 0.3) is 0 Å². The zero-order chi connectivity index (χ0) is 11.4. The zero-order valence-electron chi connectivity index (χ0n) is 9.86. The molecule has 1 aromatic rings. The molecule has 1 fully saturated rings. The van der Waals surface area contributed by atoms with E-state index in [0.717, 1.165) is 5.92 Å². The van der Waals surface area contributed by atoms with Gasteiger partial charge in [0.15, 0.2) is 0 Å². The van der Waals surface area contributed by atoms with Crippen LogP contribution < -0.4 is 0 Å². The van der Waals surface area contributed by atoms with Gasteiger partial charge in [-0.25, -0.2) is 0 Å². The van der Waals surface area contributed by atoms with Crippen molar-refractivity contribution in [1.29, 1.82) is 0 Å². The second kappa shape index (κ2) is 5.74. The molecule has 1 unspecified atom stereocenters. The highest BCUT2D eigenvalue weighted by Crippen LogP contribution is 2.32. The average Bonchev–Trinajstić information content (AvgIpc) is 2.39. The number of aliphatic hydroxyl groups is 1. The molecular weight excluding hydrogens is 216 g/mol. The number of hydrogen-bond acceptors (Lipinski definition) is 2. The summed E-state index contributed by atoms with van der Waals surface area (Å²) in [6.45, 7) is 2.30. The Hall–Kier alpha value is -0.470. The van der Waals surface area contributed by atoms with Crippen LogP contribution in [-0.4, -0.2) is 23.2 Å². The lowest BCUT2D eigenvalue weighted by atomic mass is 9.91. The van der Waals surface area contributed by atoms with E-state index in [4.69, 9.17) is 5.11 Å². The predicted octanol–water partition coefficient (Wildman–Crippen LogP) is 3.39. The van der Waals surface area contributed by atoms with Crippen LogP contribution in [-0.2, 0) is 0 Å². The predicted molar refractivity (Wildman–Crippen MR) is 71.2 cm³/mol. The molecular formula is C14H20OS. The summed E-state index contributed by atoms with van der Waals surface area (Å²) in [5.74, 6) is 3.63. The van der Waals surface area contributed by atoms with Crippen molar-refractivity contribution in [2.75, 3.05) is 18.1 Å². The van der Waals surface area contributed by atoms with E-state index >= 15 is 0 Å². The maximum atomic E-state index is 9.10. The second-order valence-electron chi connectivity index (χ2n) is 4.64. The van der Waals surface area contributed by atoms with Crippen molar-refractivity contribution in [1.82, 2.24) is 0 Å². The summed E-state index contributed by atoms with van der Waals surface area (Å²) >= 11 is 2.07. The summed E-state index contributed by atoms with van der Waals surface area (Å²) in [7, 11) is 0. The van der Waals surface area contributed by atoms with Crippen LogP contribution in [0.15, 0.2) is 24.3 Å². The van der Waals surface area contributed by atoms with E-state index in [2.05, 4.69) is 43.0 Å². The van der Waals surface area contributed by atoms with Crippen molar-refractivity contribution < 1.29 is 5.11 Å². The van der Waals surface area contributed by atoms with E-state index in [9.17, 15) is 0 Å². The lowest BCUT2D eigenvalue weighted by Crippen LogP contribution is -2.08. The minimum atomic E-state index is 0.236. The van der Waals surface area contributed by atoms with Gasteiger partial charge < -0.3 is 5.11 Å². The Bertz CT molecular complexity index is 314. The Balaban J connectivity index is 2.06. The fraction of sp³-hybridized carbons (Fsp3) is 0.571. The van der Waals surface area contributed by atoms with Crippen molar-refractivity contribution in [2.45, 2.75) is 31.6 Å². The lowest BCUT2D eigenvalue weighted by molar-refractivity contribution is 0.273. The first-order valence-corrected chi connectivity index (χ1v) is 7.25. The fourth-order valence-corrected chi connectivity index (χ4v) is 3.34. The molecule has 1 aliphatic heterocycles. The van der Waals surface area contributed by atoms with E-state index in [1.165, 1.54) is 35.5 Å². The first-order valence-electron chi connectivity index (χ1n) is 6.09. The molecule has 0 aliphatic carbocycles. The Morgan fingerprint density at radius 1 is 1.25 bits per heavy atom. The molecule has 16 heavy (non-hydrogen) atoms. The molecule has 1 aromatic carbocycles. The second-order valence-corrected chi connectivity index (χ2v) is 5.86. The molecule has 0 aromatic heterocycles. The van der Waals surface area contributed by atoms with Crippen LogP contribution in [0.4, 0.5) is 0 Å². The van der Waals surface area contributed by atoms with Gasteiger partial charge in [-0.1, -0.05) is 31.2 Å². The van der Waals surface area contributed by atoms with Crippen molar-refractivity contribution in [3.8, 4) is 0 Å². The summed E-state index contributed by atoms with van der Waals surface area (Å²) in [5, 5.41) is 9.10. The Morgan fingerprint density at radius 2 is 1.88 bits per heavy atom. The zero-order valence-corrected chi connectivity index (χ0v) is 10.7. The van der Waals surface area contributed by atoms with E-state index in [1.54, 1.807) is 0 Å². The molecule has 1 heterocycles. The molecule has 0 bridgehead atoms. The highest BCUT2D eigenvalue weighted by molar-refractivity contribution is 7.99. The van der Waals surface area contributed by atoms with Crippen LogP contribution >= 0.6 is 11.8 Å². The first kappa shape index (κ1) is 12.0. The quantitative estimate of drug-likeness (QED) is 0.868. The molecule has 0 radical (unpaired) electrons. The standard InChI is InChI=1S/C14H20OS/c1-11(10-15)12-2-4-13(5-3-12)14-6-8-16-9-7-14/h2-5,11,14-15H,6-10H2,1H3. The largest absolute Gasteiger partial charge is 0.396 e. The third-order valence-electron chi connectivity index (χ3n) is 3.47.